The molecule has 116 valence electrons. The summed E-state index contributed by atoms with van der Waals surface area (Å²) in [6.45, 7) is 4.31. The van der Waals surface area contributed by atoms with E-state index in [0.29, 0.717) is 18.7 Å². The lowest BCUT2D eigenvalue weighted by Gasteiger charge is -2.25. The van der Waals surface area contributed by atoms with Crippen molar-refractivity contribution in [2.75, 3.05) is 0 Å². The number of aromatic amines is 1. The normalized spacial score (nSPS) is 20.5. The zero-order valence-corrected chi connectivity index (χ0v) is 14.0. The van der Waals surface area contributed by atoms with Gasteiger partial charge in [-0.25, -0.2) is 0 Å². The molecule has 3 rings (SSSR count). The van der Waals surface area contributed by atoms with E-state index in [-0.39, 0.29) is 18.1 Å². The number of carbonyl (C=O) groups is 1. The van der Waals surface area contributed by atoms with Crippen LogP contribution in [0.15, 0.2) is 22.8 Å². The highest BCUT2D eigenvalue weighted by molar-refractivity contribution is 9.10. The van der Waals surface area contributed by atoms with Gasteiger partial charge in [0.25, 0.3) is 5.91 Å². The van der Waals surface area contributed by atoms with Crippen molar-refractivity contribution >= 4 is 21.8 Å². The monoisotopic (exact) mass is 364 g/mol. The standard InChI is InChI=1S/C15H17BrN4O2/c1-8-6-10-13(9(2)22-8)19-20-14(10)15(21)18-7-12-11(16)4-3-5-17-12/h3-5,8-9H,6-7H2,1-2H3,(H,18,21)(H,19,20)/t8-,9+/m1/s1. The average molecular weight is 365 g/mol. The molecule has 0 aromatic carbocycles. The SMILES string of the molecule is C[C@@H]1Cc2c(C(=O)NCc3ncccc3Br)n[nH]c2[C@H](C)O1. The Morgan fingerprint density at radius 2 is 2.36 bits per heavy atom. The van der Waals surface area contributed by atoms with Crippen LogP contribution in [0.25, 0.3) is 0 Å². The number of carbonyl (C=O) groups excluding carboxylic acids is 1. The first-order valence-corrected chi connectivity index (χ1v) is 7.95. The van der Waals surface area contributed by atoms with E-state index in [0.717, 1.165) is 21.4 Å². The Bertz CT molecular complexity index is 701. The number of aromatic nitrogens is 3. The van der Waals surface area contributed by atoms with Gasteiger partial charge in [-0.3, -0.25) is 14.9 Å². The molecule has 2 atom stereocenters. The van der Waals surface area contributed by atoms with E-state index in [9.17, 15) is 4.79 Å². The van der Waals surface area contributed by atoms with Crippen LogP contribution in [0.3, 0.4) is 0 Å². The maximum absolute atomic E-state index is 12.4. The van der Waals surface area contributed by atoms with Gasteiger partial charge in [0.2, 0.25) is 0 Å². The van der Waals surface area contributed by atoms with Crippen LogP contribution in [-0.4, -0.2) is 27.2 Å². The van der Waals surface area contributed by atoms with Crippen molar-refractivity contribution < 1.29 is 9.53 Å². The fourth-order valence-corrected chi connectivity index (χ4v) is 3.05. The number of rotatable bonds is 3. The van der Waals surface area contributed by atoms with E-state index in [4.69, 9.17) is 4.74 Å². The predicted molar refractivity (Wildman–Crippen MR) is 84.4 cm³/mol. The van der Waals surface area contributed by atoms with Crippen LogP contribution in [-0.2, 0) is 17.7 Å². The lowest BCUT2D eigenvalue weighted by atomic mass is 9.99. The molecular formula is C15H17BrN4O2. The van der Waals surface area contributed by atoms with Crippen molar-refractivity contribution in [1.29, 1.82) is 0 Å². The van der Waals surface area contributed by atoms with Crippen LogP contribution in [0.2, 0.25) is 0 Å². The molecule has 0 bridgehead atoms. The van der Waals surface area contributed by atoms with Gasteiger partial charge in [-0.2, -0.15) is 5.10 Å². The van der Waals surface area contributed by atoms with E-state index in [1.807, 2.05) is 26.0 Å². The molecule has 0 radical (unpaired) electrons. The number of nitrogens with one attached hydrogen (secondary N) is 2. The molecule has 0 saturated carbocycles. The van der Waals surface area contributed by atoms with E-state index in [1.165, 1.54) is 0 Å². The van der Waals surface area contributed by atoms with Crippen LogP contribution in [0, 0.1) is 0 Å². The second kappa shape index (κ2) is 6.18. The zero-order valence-electron chi connectivity index (χ0n) is 12.4. The topological polar surface area (TPSA) is 79.9 Å². The fourth-order valence-electron chi connectivity index (χ4n) is 2.66. The first-order valence-electron chi connectivity index (χ1n) is 7.16. The molecule has 6 nitrogen and oxygen atoms in total. The van der Waals surface area contributed by atoms with Gasteiger partial charge in [0, 0.05) is 22.7 Å². The van der Waals surface area contributed by atoms with Gasteiger partial charge in [0.15, 0.2) is 5.69 Å². The highest BCUT2D eigenvalue weighted by atomic mass is 79.9. The lowest BCUT2D eigenvalue weighted by Crippen LogP contribution is -2.27. The molecule has 1 aliphatic rings. The summed E-state index contributed by atoms with van der Waals surface area (Å²) in [5.74, 6) is -0.198. The number of amides is 1. The van der Waals surface area contributed by atoms with Crippen molar-refractivity contribution in [3.63, 3.8) is 0 Å². The Kier molecular flexibility index (Phi) is 4.26. The van der Waals surface area contributed by atoms with E-state index in [2.05, 4.69) is 36.4 Å². The Labute approximate surface area is 136 Å². The van der Waals surface area contributed by atoms with Crippen molar-refractivity contribution in [2.45, 2.75) is 39.0 Å². The second-order valence-electron chi connectivity index (χ2n) is 5.37. The summed E-state index contributed by atoms with van der Waals surface area (Å²) in [6, 6.07) is 3.73. The molecule has 1 amide bonds. The second-order valence-corrected chi connectivity index (χ2v) is 6.23. The molecule has 2 N–H and O–H groups in total. The van der Waals surface area contributed by atoms with Crippen molar-refractivity contribution in [1.82, 2.24) is 20.5 Å². The lowest BCUT2D eigenvalue weighted by molar-refractivity contribution is -0.00697. The van der Waals surface area contributed by atoms with Crippen LogP contribution in [0.4, 0.5) is 0 Å². The number of pyridine rings is 1. The predicted octanol–water partition coefficient (Wildman–Crippen LogP) is 2.52. The molecule has 7 heteroatoms. The number of fused-ring (bicyclic) bond motifs is 1. The van der Waals surface area contributed by atoms with Gasteiger partial charge < -0.3 is 10.1 Å². The van der Waals surface area contributed by atoms with E-state index in [1.54, 1.807) is 6.20 Å². The van der Waals surface area contributed by atoms with Crippen LogP contribution in [0.1, 0.15) is 47.4 Å². The smallest absolute Gasteiger partial charge is 0.272 e. The molecule has 2 aromatic rings. The number of ether oxygens (including phenoxy) is 1. The van der Waals surface area contributed by atoms with Gasteiger partial charge in [0.1, 0.15) is 0 Å². The van der Waals surface area contributed by atoms with Gasteiger partial charge in [-0.1, -0.05) is 0 Å². The molecule has 0 fully saturated rings. The molecule has 0 saturated heterocycles. The summed E-state index contributed by atoms with van der Waals surface area (Å²) in [5.41, 5.74) is 3.07. The molecule has 0 unspecified atom stereocenters. The van der Waals surface area contributed by atoms with Gasteiger partial charge >= 0.3 is 0 Å². The van der Waals surface area contributed by atoms with Crippen LogP contribution < -0.4 is 5.32 Å². The van der Waals surface area contributed by atoms with E-state index >= 15 is 0 Å². The van der Waals surface area contributed by atoms with Crippen molar-refractivity contribution in [3.8, 4) is 0 Å². The zero-order chi connectivity index (χ0) is 15.7. The maximum atomic E-state index is 12.4. The van der Waals surface area contributed by atoms with Gasteiger partial charge in [0.05, 0.1) is 30.1 Å². The molecule has 1 aliphatic heterocycles. The molecule has 0 aliphatic carbocycles. The minimum atomic E-state index is -0.198. The maximum Gasteiger partial charge on any atom is 0.272 e. The Hall–Kier alpha value is -1.73. The summed E-state index contributed by atoms with van der Waals surface area (Å²) in [4.78, 5) is 16.6. The minimum Gasteiger partial charge on any atom is -0.369 e. The molecule has 3 heterocycles. The number of hydrogen-bond donors (Lipinski definition) is 2. The minimum absolute atomic E-state index is 0.0715. The number of hydrogen-bond acceptors (Lipinski definition) is 4. The van der Waals surface area contributed by atoms with Crippen LogP contribution in [0.5, 0.6) is 0 Å². The first-order chi connectivity index (χ1) is 10.6. The third-order valence-corrected chi connectivity index (χ3v) is 4.42. The summed E-state index contributed by atoms with van der Waals surface area (Å²) < 4.78 is 6.60. The molecule has 0 spiro atoms. The fraction of sp³-hybridized carbons (Fsp3) is 0.400. The van der Waals surface area contributed by atoms with Crippen LogP contribution >= 0.6 is 15.9 Å². The van der Waals surface area contributed by atoms with Gasteiger partial charge in [-0.15, -0.1) is 0 Å². The summed E-state index contributed by atoms with van der Waals surface area (Å²) in [6.07, 6.45) is 2.39. The Morgan fingerprint density at radius 3 is 3.14 bits per heavy atom. The summed E-state index contributed by atoms with van der Waals surface area (Å²) in [5, 5.41) is 9.96. The third-order valence-electron chi connectivity index (χ3n) is 3.70. The molecular weight excluding hydrogens is 348 g/mol. The average Bonchev–Trinajstić information content (AvgIpc) is 2.90. The summed E-state index contributed by atoms with van der Waals surface area (Å²) in [7, 11) is 0. The largest absolute Gasteiger partial charge is 0.369 e. The highest BCUT2D eigenvalue weighted by Crippen LogP contribution is 2.30. The first kappa shape index (κ1) is 15.2. The quantitative estimate of drug-likeness (QED) is 0.876. The van der Waals surface area contributed by atoms with E-state index < -0.39 is 0 Å². The molecule has 22 heavy (non-hydrogen) atoms. The Balaban J connectivity index is 1.75. The van der Waals surface area contributed by atoms with Crippen molar-refractivity contribution in [2.24, 2.45) is 0 Å². The number of nitrogens with zero attached hydrogens (tertiary/aromatic N) is 2. The molecule has 2 aromatic heterocycles. The highest BCUT2D eigenvalue weighted by Gasteiger charge is 2.29. The Morgan fingerprint density at radius 1 is 1.55 bits per heavy atom. The van der Waals surface area contributed by atoms with Crippen molar-refractivity contribution in [3.05, 3.63) is 45.4 Å². The summed E-state index contributed by atoms with van der Waals surface area (Å²) >= 11 is 3.42. The number of H-pyrrole nitrogens is 1. The third kappa shape index (κ3) is 2.91. The number of halogens is 1. The van der Waals surface area contributed by atoms with Gasteiger partial charge in [-0.05, 0) is 41.9 Å².